The van der Waals surface area contributed by atoms with E-state index in [0.717, 1.165) is 17.8 Å². The summed E-state index contributed by atoms with van der Waals surface area (Å²) >= 11 is 0. The highest BCUT2D eigenvalue weighted by Crippen LogP contribution is 2.13. The predicted octanol–water partition coefficient (Wildman–Crippen LogP) is 2.59. The first-order chi connectivity index (χ1) is 9.61. The van der Waals surface area contributed by atoms with Crippen molar-refractivity contribution in [2.45, 2.75) is 33.7 Å². The number of aromatic nitrogens is 2. The van der Waals surface area contributed by atoms with Crippen molar-refractivity contribution in [3.63, 3.8) is 0 Å². The molecule has 0 bridgehead atoms. The Balaban J connectivity index is 2.20. The van der Waals surface area contributed by atoms with E-state index in [0.29, 0.717) is 6.42 Å². The second-order valence-corrected chi connectivity index (χ2v) is 4.93. The summed E-state index contributed by atoms with van der Waals surface area (Å²) in [5, 5.41) is 13.3. The normalized spacial score (nSPS) is 10.2. The third kappa shape index (κ3) is 3.28. The number of benzene rings is 1. The van der Waals surface area contributed by atoms with Crippen molar-refractivity contribution in [3.8, 4) is 11.8 Å². The van der Waals surface area contributed by atoms with Crippen LogP contribution in [0.25, 0.3) is 0 Å². The molecule has 1 aromatic heterocycles. The Bertz CT molecular complexity index is 659. The molecule has 1 N–H and O–H groups in total. The van der Waals surface area contributed by atoms with Crippen LogP contribution in [0.4, 0.5) is 0 Å². The van der Waals surface area contributed by atoms with E-state index in [1.807, 2.05) is 23.7 Å². The van der Waals surface area contributed by atoms with Crippen molar-refractivity contribution in [3.05, 3.63) is 52.3 Å². The molecule has 104 valence electrons. The number of nitrogens with zero attached hydrogens (tertiary/aromatic N) is 2. The van der Waals surface area contributed by atoms with Crippen LogP contribution < -0.4 is 0 Å². The second kappa shape index (κ2) is 6.40. The zero-order valence-corrected chi connectivity index (χ0v) is 12.3. The van der Waals surface area contributed by atoms with Crippen LogP contribution >= 0.6 is 0 Å². The minimum Gasteiger partial charge on any atom is -0.395 e. The molecule has 0 spiro atoms. The minimum atomic E-state index is 0.109. The lowest BCUT2D eigenvalue weighted by atomic mass is 10.1. The lowest BCUT2D eigenvalue weighted by Crippen LogP contribution is -2.04. The van der Waals surface area contributed by atoms with Crippen molar-refractivity contribution in [1.29, 1.82) is 0 Å². The highest BCUT2D eigenvalue weighted by molar-refractivity contribution is 5.37. The Labute approximate surface area is 120 Å². The molecular formula is C17H20N2O. The number of aryl methyl sites for hydroxylation is 1. The molecule has 0 fully saturated rings. The lowest BCUT2D eigenvalue weighted by Gasteiger charge is -2.05. The van der Waals surface area contributed by atoms with Crippen LogP contribution in [0.1, 0.15) is 34.5 Å². The van der Waals surface area contributed by atoms with E-state index in [9.17, 15) is 0 Å². The molecule has 0 atom stereocenters. The van der Waals surface area contributed by atoms with Crippen molar-refractivity contribution in [2.24, 2.45) is 0 Å². The fraction of sp³-hybridized carbons (Fsp3) is 0.353. The summed E-state index contributed by atoms with van der Waals surface area (Å²) in [5.74, 6) is 6.01. The van der Waals surface area contributed by atoms with Crippen LogP contribution in [-0.4, -0.2) is 21.5 Å². The first-order valence-electron chi connectivity index (χ1n) is 6.81. The molecule has 0 aliphatic heterocycles. The van der Waals surface area contributed by atoms with Crippen molar-refractivity contribution in [1.82, 2.24) is 9.78 Å². The maximum Gasteiger partial charge on any atom is 0.0663 e. The average molecular weight is 268 g/mol. The molecule has 0 radical (unpaired) electrons. The lowest BCUT2D eigenvalue weighted by molar-refractivity contribution is 0.305. The number of hydrogen-bond acceptors (Lipinski definition) is 2. The number of rotatable bonds is 3. The van der Waals surface area contributed by atoms with Crippen LogP contribution in [-0.2, 0) is 6.54 Å². The molecule has 1 aromatic carbocycles. The molecule has 1 heterocycles. The van der Waals surface area contributed by atoms with Gasteiger partial charge in [-0.2, -0.15) is 5.10 Å². The topological polar surface area (TPSA) is 38.0 Å². The fourth-order valence-corrected chi connectivity index (χ4v) is 2.08. The van der Waals surface area contributed by atoms with Crippen LogP contribution in [0.2, 0.25) is 0 Å². The van der Waals surface area contributed by atoms with Crippen LogP contribution in [0.5, 0.6) is 0 Å². The van der Waals surface area contributed by atoms with Gasteiger partial charge < -0.3 is 5.11 Å². The molecule has 0 amide bonds. The van der Waals surface area contributed by atoms with Gasteiger partial charge in [-0.3, -0.25) is 4.68 Å². The van der Waals surface area contributed by atoms with E-state index in [-0.39, 0.29) is 6.61 Å². The number of hydrogen-bond donors (Lipinski definition) is 1. The predicted molar refractivity (Wildman–Crippen MR) is 80.6 cm³/mol. The Morgan fingerprint density at radius 1 is 1.25 bits per heavy atom. The van der Waals surface area contributed by atoms with Gasteiger partial charge in [0.1, 0.15) is 0 Å². The van der Waals surface area contributed by atoms with Gasteiger partial charge in [0.2, 0.25) is 0 Å². The summed E-state index contributed by atoms with van der Waals surface area (Å²) < 4.78 is 2.03. The smallest absolute Gasteiger partial charge is 0.0663 e. The van der Waals surface area contributed by atoms with Crippen LogP contribution in [0, 0.1) is 32.6 Å². The Kier molecular flexibility index (Phi) is 4.60. The van der Waals surface area contributed by atoms with Crippen molar-refractivity contribution >= 4 is 0 Å². The maximum absolute atomic E-state index is 8.74. The van der Waals surface area contributed by atoms with Crippen molar-refractivity contribution in [2.75, 3.05) is 6.61 Å². The largest absolute Gasteiger partial charge is 0.395 e. The second-order valence-electron chi connectivity index (χ2n) is 4.93. The molecular weight excluding hydrogens is 248 g/mol. The molecule has 2 rings (SSSR count). The molecule has 20 heavy (non-hydrogen) atoms. The third-order valence-corrected chi connectivity index (χ3v) is 3.47. The van der Waals surface area contributed by atoms with Crippen LogP contribution in [0.3, 0.4) is 0 Å². The van der Waals surface area contributed by atoms with E-state index < -0.39 is 0 Å². The number of aliphatic hydroxyl groups excluding tert-OH is 1. The standard InChI is InChI=1S/C17H20N2O/c1-13-14(2)18-19(15(13)3)12-17-9-6-8-16(11-17)7-4-5-10-20/h6,8-9,11,20H,5,10,12H2,1-3H3. The Hall–Kier alpha value is -2.05. The number of aliphatic hydroxyl groups is 1. The van der Waals surface area contributed by atoms with Gasteiger partial charge in [0.25, 0.3) is 0 Å². The molecule has 0 saturated carbocycles. The van der Waals surface area contributed by atoms with Gasteiger partial charge in [-0.05, 0) is 44.0 Å². The Morgan fingerprint density at radius 2 is 2.05 bits per heavy atom. The Morgan fingerprint density at radius 3 is 2.70 bits per heavy atom. The molecule has 0 aliphatic rings. The van der Waals surface area contributed by atoms with E-state index in [4.69, 9.17) is 5.11 Å². The van der Waals surface area contributed by atoms with E-state index >= 15 is 0 Å². The van der Waals surface area contributed by atoms with Crippen LogP contribution in [0.15, 0.2) is 24.3 Å². The average Bonchev–Trinajstić information content (AvgIpc) is 2.67. The monoisotopic (exact) mass is 268 g/mol. The summed E-state index contributed by atoms with van der Waals surface area (Å²) in [7, 11) is 0. The molecule has 2 aromatic rings. The summed E-state index contributed by atoms with van der Waals surface area (Å²) in [6.07, 6.45) is 0.515. The van der Waals surface area contributed by atoms with Crippen molar-refractivity contribution < 1.29 is 5.11 Å². The molecule has 0 unspecified atom stereocenters. The third-order valence-electron chi connectivity index (χ3n) is 3.47. The highest BCUT2D eigenvalue weighted by atomic mass is 16.2. The molecule has 0 saturated heterocycles. The van der Waals surface area contributed by atoms with Gasteiger partial charge >= 0.3 is 0 Å². The summed E-state index contributed by atoms with van der Waals surface area (Å²) in [6, 6.07) is 8.16. The van der Waals surface area contributed by atoms with E-state index in [2.05, 4.69) is 42.9 Å². The fourth-order valence-electron chi connectivity index (χ4n) is 2.08. The zero-order chi connectivity index (χ0) is 14.5. The first kappa shape index (κ1) is 14.4. The quantitative estimate of drug-likeness (QED) is 0.869. The maximum atomic E-state index is 8.74. The minimum absolute atomic E-state index is 0.109. The van der Waals surface area contributed by atoms with Gasteiger partial charge in [0.15, 0.2) is 0 Å². The van der Waals surface area contributed by atoms with Gasteiger partial charge in [-0.15, -0.1) is 0 Å². The summed E-state index contributed by atoms with van der Waals surface area (Å²) in [6.45, 7) is 7.11. The van der Waals surface area contributed by atoms with Gasteiger partial charge in [-0.25, -0.2) is 0 Å². The molecule has 3 heteroatoms. The van der Waals surface area contributed by atoms with Gasteiger partial charge in [-0.1, -0.05) is 24.0 Å². The summed E-state index contributed by atoms with van der Waals surface area (Å²) in [4.78, 5) is 0. The zero-order valence-electron chi connectivity index (χ0n) is 12.3. The first-order valence-corrected chi connectivity index (χ1v) is 6.81. The van der Waals surface area contributed by atoms with Gasteiger partial charge in [0.05, 0.1) is 18.8 Å². The van der Waals surface area contributed by atoms with E-state index in [1.54, 1.807) is 0 Å². The SMILES string of the molecule is Cc1nn(Cc2cccc(C#CCCO)c2)c(C)c1C. The summed E-state index contributed by atoms with van der Waals surface area (Å²) in [5.41, 5.74) is 5.71. The molecule has 3 nitrogen and oxygen atoms in total. The molecule has 0 aliphatic carbocycles. The van der Waals surface area contributed by atoms with Gasteiger partial charge in [0, 0.05) is 17.7 Å². The highest BCUT2D eigenvalue weighted by Gasteiger charge is 2.07. The van der Waals surface area contributed by atoms with E-state index in [1.165, 1.54) is 16.8 Å².